The molecule has 2 aromatic rings. The zero-order valence-corrected chi connectivity index (χ0v) is 11.7. The van der Waals surface area contributed by atoms with Gasteiger partial charge in [0.05, 0.1) is 0 Å². The average Bonchev–Trinajstić information content (AvgIpc) is 2.53. The van der Waals surface area contributed by atoms with Crippen LogP contribution in [0.25, 0.3) is 0 Å². The number of carbonyl (C=O) groups excluding carboxylic acids is 1. The fourth-order valence-electron chi connectivity index (χ4n) is 1.91. The third-order valence-electron chi connectivity index (χ3n) is 3.11. The number of carboxylic acid groups (broad SMARTS) is 1. The van der Waals surface area contributed by atoms with Crippen LogP contribution in [0.5, 0.6) is 0 Å². The lowest BCUT2D eigenvalue weighted by Crippen LogP contribution is -2.29. The molecular formula is C16H16N2O3. The predicted octanol–water partition coefficient (Wildman–Crippen LogP) is 2.09. The molecule has 1 N–H and O–H groups in total. The second-order valence-electron chi connectivity index (χ2n) is 4.68. The molecule has 0 radical (unpaired) electrons. The summed E-state index contributed by atoms with van der Waals surface area (Å²) in [6.07, 6.45) is 0.738. The molecule has 0 saturated heterocycles. The summed E-state index contributed by atoms with van der Waals surface area (Å²) >= 11 is 0. The van der Waals surface area contributed by atoms with Gasteiger partial charge < -0.3 is 10.0 Å². The first-order valence-corrected chi connectivity index (χ1v) is 6.57. The van der Waals surface area contributed by atoms with E-state index in [4.69, 9.17) is 5.11 Å². The van der Waals surface area contributed by atoms with Gasteiger partial charge in [-0.2, -0.15) is 0 Å². The topological polar surface area (TPSA) is 70.5 Å². The quantitative estimate of drug-likeness (QED) is 0.912. The molecule has 0 aliphatic carbocycles. The molecule has 21 heavy (non-hydrogen) atoms. The van der Waals surface area contributed by atoms with E-state index in [1.165, 1.54) is 18.2 Å². The summed E-state index contributed by atoms with van der Waals surface area (Å²) in [6, 6.07) is 14.3. The van der Waals surface area contributed by atoms with Crippen LogP contribution < -0.4 is 0 Å². The van der Waals surface area contributed by atoms with Crippen LogP contribution in [0, 0.1) is 0 Å². The highest BCUT2D eigenvalue weighted by Crippen LogP contribution is 2.05. The third kappa shape index (κ3) is 3.89. The van der Waals surface area contributed by atoms with Gasteiger partial charge in [-0.1, -0.05) is 36.4 Å². The Morgan fingerprint density at radius 3 is 2.38 bits per heavy atom. The fourth-order valence-corrected chi connectivity index (χ4v) is 1.91. The largest absolute Gasteiger partial charge is 0.477 e. The van der Waals surface area contributed by atoms with E-state index in [0.29, 0.717) is 6.54 Å². The Kier molecular flexibility index (Phi) is 4.66. The van der Waals surface area contributed by atoms with E-state index in [1.54, 1.807) is 11.9 Å². The number of carbonyl (C=O) groups is 2. The van der Waals surface area contributed by atoms with Crippen molar-refractivity contribution in [3.05, 3.63) is 65.5 Å². The number of nitrogens with zero attached hydrogens (tertiary/aromatic N) is 2. The third-order valence-corrected chi connectivity index (χ3v) is 3.11. The van der Waals surface area contributed by atoms with Gasteiger partial charge in [-0.15, -0.1) is 0 Å². The standard InChI is InChI=1S/C16H16N2O3/c1-18(11-10-12-6-3-2-4-7-12)15(19)13-8-5-9-14(17-13)16(20)21/h2-9H,10-11H2,1H3,(H,20,21). The molecule has 1 heterocycles. The van der Waals surface area contributed by atoms with Crippen LogP contribution in [0.3, 0.4) is 0 Å². The van der Waals surface area contributed by atoms with Gasteiger partial charge in [-0.25, -0.2) is 9.78 Å². The van der Waals surface area contributed by atoms with E-state index < -0.39 is 5.97 Å². The number of aromatic carboxylic acids is 1. The highest BCUT2D eigenvalue weighted by atomic mass is 16.4. The average molecular weight is 284 g/mol. The second kappa shape index (κ2) is 6.65. The maximum Gasteiger partial charge on any atom is 0.354 e. The van der Waals surface area contributed by atoms with Crippen LogP contribution in [-0.4, -0.2) is 40.5 Å². The zero-order chi connectivity index (χ0) is 15.2. The van der Waals surface area contributed by atoms with Gasteiger partial charge >= 0.3 is 5.97 Å². The van der Waals surface area contributed by atoms with Gasteiger partial charge in [-0.3, -0.25) is 4.79 Å². The maximum atomic E-state index is 12.2. The summed E-state index contributed by atoms with van der Waals surface area (Å²) in [5.41, 5.74) is 1.16. The Bertz CT molecular complexity index is 641. The predicted molar refractivity (Wildman–Crippen MR) is 78.3 cm³/mol. The van der Waals surface area contributed by atoms with Gasteiger partial charge in [0, 0.05) is 13.6 Å². The number of carboxylic acids is 1. The van der Waals surface area contributed by atoms with Crippen molar-refractivity contribution in [1.82, 2.24) is 9.88 Å². The van der Waals surface area contributed by atoms with Crippen molar-refractivity contribution in [2.45, 2.75) is 6.42 Å². The Morgan fingerprint density at radius 2 is 1.71 bits per heavy atom. The Morgan fingerprint density at radius 1 is 1.05 bits per heavy atom. The first-order valence-electron chi connectivity index (χ1n) is 6.57. The van der Waals surface area contributed by atoms with Gasteiger partial charge in [0.1, 0.15) is 11.4 Å². The molecule has 1 aromatic heterocycles. The summed E-state index contributed by atoms with van der Waals surface area (Å²) in [7, 11) is 1.68. The molecule has 0 bridgehead atoms. The summed E-state index contributed by atoms with van der Waals surface area (Å²) < 4.78 is 0. The van der Waals surface area contributed by atoms with E-state index in [2.05, 4.69) is 4.98 Å². The molecule has 0 aliphatic rings. The lowest BCUT2D eigenvalue weighted by molar-refractivity contribution is 0.0690. The number of pyridine rings is 1. The highest BCUT2D eigenvalue weighted by Gasteiger charge is 2.15. The first kappa shape index (κ1) is 14.7. The minimum atomic E-state index is -1.14. The van der Waals surface area contributed by atoms with Gasteiger partial charge in [0.25, 0.3) is 5.91 Å². The van der Waals surface area contributed by atoms with Crippen LogP contribution >= 0.6 is 0 Å². The molecule has 2 rings (SSSR count). The van der Waals surface area contributed by atoms with E-state index in [1.807, 2.05) is 30.3 Å². The van der Waals surface area contributed by atoms with Crippen molar-refractivity contribution in [2.75, 3.05) is 13.6 Å². The molecule has 0 aliphatic heterocycles. The van der Waals surface area contributed by atoms with E-state index in [9.17, 15) is 9.59 Å². The van der Waals surface area contributed by atoms with Crippen molar-refractivity contribution in [3.8, 4) is 0 Å². The summed E-state index contributed by atoms with van der Waals surface area (Å²) in [5.74, 6) is -1.43. The van der Waals surface area contributed by atoms with Crippen molar-refractivity contribution in [1.29, 1.82) is 0 Å². The molecule has 5 heteroatoms. The normalized spacial score (nSPS) is 10.1. The number of likely N-dealkylation sites (N-methyl/N-ethyl adjacent to an activating group) is 1. The molecule has 0 fully saturated rings. The van der Waals surface area contributed by atoms with Gasteiger partial charge in [-0.05, 0) is 24.1 Å². The zero-order valence-electron chi connectivity index (χ0n) is 11.7. The van der Waals surface area contributed by atoms with Crippen molar-refractivity contribution in [2.24, 2.45) is 0 Å². The molecule has 108 valence electrons. The van der Waals surface area contributed by atoms with Crippen molar-refractivity contribution < 1.29 is 14.7 Å². The molecule has 0 atom stereocenters. The van der Waals surface area contributed by atoms with E-state index in [0.717, 1.165) is 12.0 Å². The Labute approximate surface area is 122 Å². The highest BCUT2D eigenvalue weighted by molar-refractivity contribution is 5.94. The van der Waals surface area contributed by atoms with Crippen LogP contribution in [0.15, 0.2) is 48.5 Å². The van der Waals surface area contributed by atoms with Crippen molar-refractivity contribution in [3.63, 3.8) is 0 Å². The fraction of sp³-hybridized carbons (Fsp3) is 0.188. The number of hydrogen-bond acceptors (Lipinski definition) is 3. The second-order valence-corrected chi connectivity index (χ2v) is 4.68. The smallest absolute Gasteiger partial charge is 0.354 e. The van der Waals surface area contributed by atoms with Crippen LogP contribution in [-0.2, 0) is 6.42 Å². The lowest BCUT2D eigenvalue weighted by Gasteiger charge is -2.16. The molecule has 5 nitrogen and oxygen atoms in total. The summed E-state index contributed by atoms with van der Waals surface area (Å²) in [5, 5.41) is 8.89. The Balaban J connectivity index is 2.02. The molecule has 0 saturated carbocycles. The Hall–Kier alpha value is -2.69. The number of hydrogen-bond donors (Lipinski definition) is 1. The first-order chi connectivity index (χ1) is 10.1. The van der Waals surface area contributed by atoms with Gasteiger partial charge in [0.2, 0.25) is 0 Å². The van der Waals surface area contributed by atoms with Crippen LogP contribution in [0.2, 0.25) is 0 Å². The molecule has 0 unspecified atom stereocenters. The molecular weight excluding hydrogens is 268 g/mol. The summed E-state index contributed by atoms with van der Waals surface area (Å²) in [4.78, 5) is 28.5. The monoisotopic (exact) mass is 284 g/mol. The SMILES string of the molecule is CN(CCc1ccccc1)C(=O)c1cccc(C(=O)O)n1. The van der Waals surface area contributed by atoms with Crippen molar-refractivity contribution >= 4 is 11.9 Å². The molecule has 0 spiro atoms. The van der Waals surface area contributed by atoms with E-state index >= 15 is 0 Å². The molecule has 1 amide bonds. The number of amides is 1. The molecule has 1 aromatic carbocycles. The van der Waals surface area contributed by atoms with Crippen LogP contribution in [0.1, 0.15) is 26.5 Å². The maximum absolute atomic E-state index is 12.2. The summed E-state index contributed by atoms with van der Waals surface area (Å²) in [6.45, 7) is 0.543. The number of rotatable bonds is 5. The minimum absolute atomic E-state index is 0.127. The number of aromatic nitrogens is 1. The van der Waals surface area contributed by atoms with Crippen LogP contribution in [0.4, 0.5) is 0 Å². The van der Waals surface area contributed by atoms with Gasteiger partial charge in [0.15, 0.2) is 0 Å². The lowest BCUT2D eigenvalue weighted by atomic mass is 10.1. The van der Waals surface area contributed by atoms with E-state index in [-0.39, 0.29) is 17.3 Å². The number of benzene rings is 1. The minimum Gasteiger partial charge on any atom is -0.477 e.